The first-order valence-corrected chi connectivity index (χ1v) is 13.7. The number of carbonyl (C=O) groups excluding carboxylic acids is 1. The predicted molar refractivity (Wildman–Crippen MR) is 148 cm³/mol. The molecule has 12 heteroatoms. The second kappa shape index (κ2) is 10.4. The Hall–Kier alpha value is -4.11. The molecule has 0 saturated carbocycles. The molecule has 3 aromatic heterocycles. The summed E-state index contributed by atoms with van der Waals surface area (Å²) in [5, 5.41) is 16.9. The molecule has 8 nitrogen and oxygen atoms in total. The van der Waals surface area contributed by atoms with Gasteiger partial charge in [-0.05, 0) is 60.4 Å². The average molecular weight is 584 g/mol. The van der Waals surface area contributed by atoms with Crippen LogP contribution in [0.4, 0.5) is 18.2 Å². The van der Waals surface area contributed by atoms with Gasteiger partial charge in [-0.2, -0.15) is 23.5 Å². The Morgan fingerprint density at radius 1 is 1.15 bits per heavy atom. The van der Waals surface area contributed by atoms with Crippen LogP contribution < -0.4 is 14.8 Å². The van der Waals surface area contributed by atoms with Crippen LogP contribution in [0.15, 0.2) is 30.3 Å². The third-order valence-electron chi connectivity index (χ3n) is 7.46. The van der Waals surface area contributed by atoms with E-state index in [1.165, 1.54) is 37.7 Å². The van der Waals surface area contributed by atoms with Gasteiger partial charge in [0.2, 0.25) is 0 Å². The molecule has 1 amide bonds. The highest BCUT2D eigenvalue weighted by molar-refractivity contribution is 7.16. The Kier molecular flexibility index (Phi) is 7.19. The van der Waals surface area contributed by atoms with Crippen molar-refractivity contribution in [1.29, 1.82) is 5.26 Å². The molecule has 0 unspecified atom stereocenters. The van der Waals surface area contributed by atoms with Crippen LogP contribution in [0.1, 0.15) is 59.4 Å². The highest BCUT2D eigenvalue weighted by Gasteiger charge is 2.36. The molecule has 0 fully saturated rings. The van der Waals surface area contributed by atoms with Crippen LogP contribution in [0.25, 0.3) is 16.9 Å². The van der Waals surface area contributed by atoms with Gasteiger partial charge in [0.05, 0.1) is 25.5 Å². The first kappa shape index (κ1) is 28.4. The molecule has 0 saturated heterocycles. The molecule has 41 heavy (non-hydrogen) atoms. The summed E-state index contributed by atoms with van der Waals surface area (Å²) in [6.45, 7) is 6.56. The summed E-state index contributed by atoms with van der Waals surface area (Å²) < 4.78 is 53.4. The largest absolute Gasteiger partial charge is 0.493 e. The van der Waals surface area contributed by atoms with Crippen molar-refractivity contribution in [2.75, 3.05) is 19.5 Å². The van der Waals surface area contributed by atoms with Crippen LogP contribution in [-0.4, -0.2) is 34.7 Å². The van der Waals surface area contributed by atoms with Crippen molar-refractivity contribution in [2.24, 2.45) is 11.3 Å². The number of amides is 1. The summed E-state index contributed by atoms with van der Waals surface area (Å²) in [5.41, 5.74) is 0.312. The van der Waals surface area contributed by atoms with E-state index >= 15 is 0 Å². The number of rotatable bonds is 5. The van der Waals surface area contributed by atoms with E-state index < -0.39 is 17.8 Å². The SMILES string of the molecule is COc1ccc(-c2cc(C(F)(F)F)n3nc(C(=O)Nc4sc5c(c4C#N)CC[C@@H](C(C)(C)C)C5)cc3n2)cc1OC. The fourth-order valence-electron chi connectivity index (χ4n) is 5.13. The maximum Gasteiger partial charge on any atom is 0.433 e. The number of anilines is 1. The van der Waals surface area contributed by atoms with Gasteiger partial charge in [-0.15, -0.1) is 11.3 Å². The number of thiophene rings is 1. The van der Waals surface area contributed by atoms with Gasteiger partial charge in [0.1, 0.15) is 11.1 Å². The second-order valence-corrected chi connectivity index (χ2v) is 12.1. The smallest absolute Gasteiger partial charge is 0.433 e. The fraction of sp³-hybridized carbons (Fsp3) is 0.379. The lowest BCUT2D eigenvalue weighted by molar-refractivity contribution is -0.142. The van der Waals surface area contributed by atoms with Crippen LogP contribution in [0.5, 0.6) is 11.5 Å². The lowest BCUT2D eigenvalue weighted by atomic mass is 9.72. The molecular formula is C29H28F3N5O3S. The van der Waals surface area contributed by atoms with E-state index in [1.54, 1.807) is 12.1 Å². The highest BCUT2D eigenvalue weighted by atomic mass is 32.1. The van der Waals surface area contributed by atoms with Crippen molar-refractivity contribution in [1.82, 2.24) is 14.6 Å². The summed E-state index contributed by atoms with van der Waals surface area (Å²) >= 11 is 1.34. The van der Waals surface area contributed by atoms with Crippen molar-refractivity contribution < 1.29 is 27.4 Å². The number of nitriles is 1. The van der Waals surface area contributed by atoms with Gasteiger partial charge in [0.15, 0.2) is 28.5 Å². The molecule has 0 radical (unpaired) electrons. The molecular weight excluding hydrogens is 555 g/mol. The molecule has 0 bridgehead atoms. The molecule has 3 heterocycles. The van der Waals surface area contributed by atoms with Gasteiger partial charge in [0, 0.05) is 16.5 Å². The number of nitrogens with zero attached hydrogens (tertiary/aromatic N) is 4. The van der Waals surface area contributed by atoms with E-state index in [9.17, 15) is 23.2 Å². The lowest BCUT2D eigenvalue weighted by Crippen LogP contribution is -2.26. The number of aromatic nitrogens is 3. The van der Waals surface area contributed by atoms with Crippen LogP contribution in [0, 0.1) is 22.7 Å². The third kappa shape index (κ3) is 5.34. The summed E-state index contributed by atoms with van der Waals surface area (Å²) in [4.78, 5) is 18.6. The number of hydrogen-bond donors (Lipinski definition) is 1. The number of nitrogens with one attached hydrogen (secondary N) is 1. The van der Waals surface area contributed by atoms with E-state index in [1.807, 2.05) is 0 Å². The van der Waals surface area contributed by atoms with Crippen molar-refractivity contribution in [3.05, 3.63) is 57.7 Å². The maximum absolute atomic E-state index is 14.1. The minimum absolute atomic E-state index is 0.0173. The quantitative estimate of drug-likeness (QED) is 0.278. The molecule has 5 rings (SSSR count). The minimum atomic E-state index is -4.78. The normalized spacial score (nSPS) is 15.3. The maximum atomic E-state index is 14.1. The third-order valence-corrected chi connectivity index (χ3v) is 8.63. The van der Waals surface area contributed by atoms with Gasteiger partial charge < -0.3 is 14.8 Å². The number of fused-ring (bicyclic) bond motifs is 2. The molecule has 1 aromatic carbocycles. The number of ether oxygens (including phenoxy) is 2. The number of halogens is 3. The molecule has 1 atom stereocenters. The van der Waals surface area contributed by atoms with E-state index in [2.05, 4.69) is 42.2 Å². The number of carbonyl (C=O) groups is 1. The van der Waals surface area contributed by atoms with Gasteiger partial charge in [-0.1, -0.05) is 20.8 Å². The number of alkyl halides is 3. The summed E-state index contributed by atoms with van der Waals surface area (Å²) in [6, 6.07) is 8.93. The summed E-state index contributed by atoms with van der Waals surface area (Å²) in [7, 11) is 2.88. The Balaban J connectivity index is 1.51. The van der Waals surface area contributed by atoms with Gasteiger partial charge >= 0.3 is 6.18 Å². The van der Waals surface area contributed by atoms with Gasteiger partial charge in [-0.3, -0.25) is 4.79 Å². The zero-order valence-corrected chi connectivity index (χ0v) is 24.0. The first-order chi connectivity index (χ1) is 19.3. The predicted octanol–water partition coefficient (Wildman–Crippen LogP) is 6.77. The molecule has 1 aliphatic rings. The summed E-state index contributed by atoms with van der Waals surface area (Å²) in [6.07, 6.45) is -2.30. The Labute approximate surface area is 238 Å². The zero-order valence-electron chi connectivity index (χ0n) is 23.1. The van der Waals surface area contributed by atoms with E-state index in [0.29, 0.717) is 38.1 Å². The Morgan fingerprint density at radius 2 is 1.88 bits per heavy atom. The van der Waals surface area contributed by atoms with Crippen molar-refractivity contribution in [2.45, 2.75) is 46.2 Å². The lowest BCUT2D eigenvalue weighted by Gasteiger charge is -2.33. The molecule has 0 spiro atoms. The van der Waals surface area contributed by atoms with Crippen LogP contribution in [0.3, 0.4) is 0 Å². The molecule has 1 N–H and O–H groups in total. The number of methoxy groups -OCH3 is 2. The highest BCUT2D eigenvalue weighted by Crippen LogP contribution is 2.44. The molecule has 0 aliphatic heterocycles. The van der Waals surface area contributed by atoms with E-state index in [-0.39, 0.29) is 22.5 Å². The molecule has 4 aromatic rings. The number of benzene rings is 1. The van der Waals surface area contributed by atoms with Crippen molar-refractivity contribution in [3.8, 4) is 28.8 Å². The first-order valence-electron chi connectivity index (χ1n) is 12.9. The van der Waals surface area contributed by atoms with Crippen molar-refractivity contribution >= 4 is 27.9 Å². The zero-order chi connectivity index (χ0) is 29.7. The Bertz CT molecular complexity index is 1690. The second-order valence-electron chi connectivity index (χ2n) is 11.0. The molecule has 214 valence electrons. The summed E-state index contributed by atoms with van der Waals surface area (Å²) in [5.74, 6) is 0.458. The van der Waals surface area contributed by atoms with E-state index in [4.69, 9.17) is 9.47 Å². The van der Waals surface area contributed by atoms with Gasteiger partial charge in [0.25, 0.3) is 5.91 Å². The van der Waals surface area contributed by atoms with Crippen LogP contribution in [0.2, 0.25) is 0 Å². The average Bonchev–Trinajstić information content (AvgIpc) is 3.51. The number of hydrogen-bond acceptors (Lipinski definition) is 7. The van der Waals surface area contributed by atoms with Crippen LogP contribution in [-0.2, 0) is 19.0 Å². The standard InChI is InChI=1S/C29H28F3N5O3S/c1-28(2,3)16-7-8-17-18(14-33)27(41-23(17)11-16)35-26(38)20-13-25-34-19(12-24(29(30,31)32)37(25)36-20)15-6-9-21(39-4)22(10-15)40-5/h6,9-10,12-13,16H,7-8,11H2,1-5H3,(H,35,38)/t16-/m1/s1. The van der Waals surface area contributed by atoms with Crippen molar-refractivity contribution in [3.63, 3.8) is 0 Å². The van der Waals surface area contributed by atoms with Crippen LogP contribution >= 0.6 is 11.3 Å². The van der Waals surface area contributed by atoms with Gasteiger partial charge in [-0.25, -0.2) is 9.50 Å². The minimum Gasteiger partial charge on any atom is -0.493 e. The Morgan fingerprint density at radius 3 is 2.51 bits per heavy atom. The molecule has 1 aliphatic carbocycles. The topological polar surface area (TPSA) is 102 Å². The monoisotopic (exact) mass is 583 g/mol. The fourth-order valence-corrected chi connectivity index (χ4v) is 6.40. The van der Waals surface area contributed by atoms with E-state index in [0.717, 1.165) is 35.8 Å².